The molecule has 146 valence electrons. The molecular formula is C15H20N6O6. The second-order valence-corrected chi connectivity index (χ2v) is 6.74. The van der Waals surface area contributed by atoms with E-state index in [2.05, 4.69) is 25.1 Å². The van der Waals surface area contributed by atoms with Crippen LogP contribution in [0.2, 0.25) is 0 Å². The summed E-state index contributed by atoms with van der Waals surface area (Å²) in [5, 5.41) is 33.2. The monoisotopic (exact) mass is 380 g/mol. The second kappa shape index (κ2) is 7.21. The molecule has 0 aromatic carbocycles. The van der Waals surface area contributed by atoms with Crippen molar-refractivity contribution in [3.63, 3.8) is 0 Å². The molecule has 1 saturated heterocycles. The molecule has 2 unspecified atom stereocenters. The van der Waals surface area contributed by atoms with Crippen molar-refractivity contribution in [3.05, 3.63) is 22.8 Å². The van der Waals surface area contributed by atoms with Crippen LogP contribution in [0.15, 0.2) is 12.7 Å². The summed E-state index contributed by atoms with van der Waals surface area (Å²) in [6.07, 6.45) is 2.61. The fraction of sp³-hybridized carbons (Fsp3) is 0.667. The van der Waals surface area contributed by atoms with Gasteiger partial charge in [-0.1, -0.05) is 12.8 Å². The van der Waals surface area contributed by atoms with Crippen molar-refractivity contribution in [1.29, 1.82) is 0 Å². The summed E-state index contributed by atoms with van der Waals surface area (Å²) in [5.41, 5.74) is 0.956. The highest BCUT2D eigenvalue weighted by atomic mass is 17.0. The highest BCUT2D eigenvalue weighted by molar-refractivity contribution is 5.82. The van der Waals surface area contributed by atoms with Crippen molar-refractivity contribution >= 4 is 17.0 Å². The number of imidazole rings is 1. The van der Waals surface area contributed by atoms with Crippen molar-refractivity contribution < 1.29 is 24.9 Å². The molecule has 0 bridgehead atoms. The number of hydrogen-bond donors (Lipinski definition) is 3. The quantitative estimate of drug-likeness (QED) is 0.460. The van der Waals surface area contributed by atoms with Gasteiger partial charge in [0.2, 0.25) is 0 Å². The molecule has 2 aromatic heterocycles. The van der Waals surface area contributed by atoms with Gasteiger partial charge < -0.3 is 25.1 Å². The largest absolute Gasteiger partial charge is 0.387 e. The van der Waals surface area contributed by atoms with Crippen molar-refractivity contribution in [2.75, 3.05) is 11.9 Å². The number of aliphatic hydroxyl groups excluding tert-OH is 2. The molecule has 3 N–H and O–H groups in total. The van der Waals surface area contributed by atoms with Crippen LogP contribution in [0.25, 0.3) is 11.2 Å². The van der Waals surface area contributed by atoms with Crippen LogP contribution < -0.4 is 5.32 Å². The Morgan fingerprint density at radius 3 is 2.81 bits per heavy atom. The maximum absolute atomic E-state index is 10.4. The van der Waals surface area contributed by atoms with Gasteiger partial charge >= 0.3 is 0 Å². The van der Waals surface area contributed by atoms with Crippen LogP contribution in [-0.4, -0.2) is 65.8 Å². The first kappa shape index (κ1) is 17.8. The lowest BCUT2D eigenvalue weighted by Gasteiger charge is -2.17. The predicted molar refractivity (Wildman–Crippen MR) is 90.1 cm³/mol. The van der Waals surface area contributed by atoms with Crippen molar-refractivity contribution in [2.24, 2.45) is 0 Å². The number of nitrogens with one attached hydrogen (secondary N) is 1. The molecule has 12 heteroatoms. The van der Waals surface area contributed by atoms with Crippen LogP contribution in [-0.2, 0) is 9.57 Å². The molecule has 4 rings (SSSR count). The first-order valence-electron chi connectivity index (χ1n) is 8.77. The highest BCUT2D eigenvalue weighted by Gasteiger charge is 2.44. The Balaban J connectivity index is 1.57. The zero-order valence-corrected chi connectivity index (χ0v) is 14.3. The molecular weight excluding hydrogens is 360 g/mol. The third-order valence-corrected chi connectivity index (χ3v) is 5.01. The summed E-state index contributed by atoms with van der Waals surface area (Å²) < 4.78 is 7.06. The lowest BCUT2D eigenvalue weighted by Crippen LogP contribution is -2.34. The number of rotatable bonds is 6. The summed E-state index contributed by atoms with van der Waals surface area (Å²) in [6, 6.07) is 0.340. The number of fused-ring (bicyclic) bond motifs is 1. The van der Waals surface area contributed by atoms with E-state index in [-0.39, 0.29) is 0 Å². The molecule has 1 aliphatic carbocycles. The Morgan fingerprint density at radius 2 is 2.07 bits per heavy atom. The lowest BCUT2D eigenvalue weighted by molar-refractivity contribution is -0.759. The number of nitrogens with zero attached hydrogens (tertiary/aromatic N) is 5. The molecule has 2 aromatic rings. The van der Waals surface area contributed by atoms with E-state index in [4.69, 9.17) is 4.74 Å². The fourth-order valence-corrected chi connectivity index (χ4v) is 3.64. The number of hydrogen-bond acceptors (Lipinski definition) is 10. The summed E-state index contributed by atoms with van der Waals surface area (Å²) >= 11 is 0. The van der Waals surface area contributed by atoms with E-state index in [1.807, 2.05) is 0 Å². The van der Waals surface area contributed by atoms with E-state index in [9.17, 15) is 20.3 Å². The van der Waals surface area contributed by atoms with Gasteiger partial charge in [-0.25, -0.2) is 15.0 Å². The van der Waals surface area contributed by atoms with Crippen molar-refractivity contribution in [2.45, 2.75) is 56.3 Å². The first-order valence-corrected chi connectivity index (χ1v) is 8.77. The molecule has 3 heterocycles. The zero-order chi connectivity index (χ0) is 19.0. The van der Waals surface area contributed by atoms with Crippen LogP contribution >= 0.6 is 0 Å². The number of anilines is 1. The Labute approximate surface area is 153 Å². The van der Waals surface area contributed by atoms with Crippen LogP contribution in [0.1, 0.15) is 31.9 Å². The van der Waals surface area contributed by atoms with E-state index < -0.39 is 36.2 Å². The minimum atomic E-state index is -1.34. The van der Waals surface area contributed by atoms with Gasteiger partial charge in [0.15, 0.2) is 23.2 Å². The number of aromatic nitrogens is 4. The molecule has 12 nitrogen and oxygen atoms in total. The van der Waals surface area contributed by atoms with Gasteiger partial charge in [0.05, 0.1) is 6.33 Å². The van der Waals surface area contributed by atoms with Crippen LogP contribution in [0.3, 0.4) is 0 Å². The first-order chi connectivity index (χ1) is 13.0. The molecule has 1 aliphatic heterocycles. The molecule has 0 amide bonds. The van der Waals surface area contributed by atoms with E-state index in [1.54, 1.807) is 0 Å². The molecule has 0 radical (unpaired) electrons. The molecule has 2 fully saturated rings. The van der Waals surface area contributed by atoms with Gasteiger partial charge in [0, 0.05) is 6.04 Å². The van der Waals surface area contributed by atoms with E-state index in [0.717, 1.165) is 12.8 Å². The average molecular weight is 380 g/mol. The van der Waals surface area contributed by atoms with Crippen molar-refractivity contribution in [1.82, 2.24) is 19.5 Å². The van der Waals surface area contributed by atoms with Gasteiger partial charge in [-0.15, -0.1) is 10.1 Å². The maximum atomic E-state index is 10.4. The average Bonchev–Trinajstić information content (AvgIpc) is 3.36. The SMILES string of the molecule is O=[N+]([O-])OC[C@H]1O[C@@H](n2cnc3c(NC4CCCC4)ncnc32)C(O)C1O. The minimum Gasteiger partial charge on any atom is -0.387 e. The number of ether oxygens (including phenoxy) is 1. The number of aliphatic hydroxyl groups is 2. The van der Waals surface area contributed by atoms with Gasteiger partial charge in [-0.3, -0.25) is 4.57 Å². The van der Waals surface area contributed by atoms with Gasteiger partial charge in [-0.05, 0) is 12.8 Å². The van der Waals surface area contributed by atoms with Crippen LogP contribution in [0.5, 0.6) is 0 Å². The van der Waals surface area contributed by atoms with Crippen molar-refractivity contribution in [3.8, 4) is 0 Å². The minimum absolute atomic E-state index is 0.340. The Bertz CT molecular complexity index is 824. The van der Waals surface area contributed by atoms with E-state index in [1.165, 1.54) is 30.1 Å². The normalized spacial score (nSPS) is 28.7. The van der Waals surface area contributed by atoms with Crippen LogP contribution in [0, 0.1) is 10.1 Å². The molecule has 2 aliphatic rings. The summed E-state index contributed by atoms with van der Waals surface area (Å²) in [5.74, 6) is 0.604. The zero-order valence-electron chi connectivity index (χ0n) is 14.3. The molecule has 1 saturated carbocycles. The Hall–Kier alpha value is -2.57. The summed E-state index contributed by atoms with van der Waals surface area (Å²) in [6.45, 7) is -0.488. The molecule has 4 atom stereocenters. The topological polar surface area (TPSA) is 158 Å². The summed E-state index contributed by atoms with van der Waals surface area (Å²) in [7, 11) is 0. The Morgan fingerprint density at radius 1 is 1.30 bits per heavy atom. The third-order valence-electron chi connectivity index (χ3n) is 5.01. The second-order valence-electron chi connectivity index (χ2n) is 6.74. The van der Waals surface area contributed by atoms with Crippen LogP contribution in [0.4, 0.5) is 5.82 Å². The van der Waals surface area contributed by atoms with E-state index >= 15 is 0 Å². The molecule has 27 heavy (non-hydrogen) atoms. The molecule has 0 spiro atoms. The predicted octanol–water partition coefficient (Wildman–Crippen LogP) is 0.00830. The van der Waals surface area contributed by atoms with Gasteiger partial charge in [0.1, 0.15) is 31.2 Å². The fourth-order valence-electron chi connectivity index (χ4n) is 3.64. The van der Waals surface area contributed by atoms with E-state index in [0.29, 0.717) is 23.0 Å². The maximum Gasteiger partial charge on any atom is 0.294 e. The lowest BCUT2D eigenvalue weighted by atomic mass is 10.1. The highest BCUT2D eigenvalue weighted by Crippen LogP contribution is 2.33. The summed E-state index contributed by atoms with van der Waals surface area (Å²) in [4.78, 5) is 27.4. The third kappa shape index (κ3) is 3.38. The smallest absolute Gasteiger partial charge is 0.294 e. The Kier molecular flexibility index (Phi) is 4.76. The van der Waals surface area contributed by atoms with Gasteiger partial charge in [-0.2, -0.15) is 0 Å². The van der Waals surface area contributed by atoms with Gasteiger partial charge in [0.25, 0.3) is 5.09 Å². The standard InChI is InChI=1S/C15H20N6O6/c22-11-9(5-26-21(24)25)27-15(12(11)23)20-7-18-10-13(16-6-17-14(10)20)19-8-3-1-2-4-8/h6-9,11-12,15,22-23H,1-5H2,(H,16,17,19)/t9-,11?,12?,15-/m1/s1.